The number of thioether (sulfide) groups is 1. The second-order valence-corrected chi connectivity index (χ2v) is 7.64. The molecule has 3 aromatic rings. The molecule has 0 saturated carbocycles. The van der Waals surface area contributed by atoms with E-state index in [9.17, 15) is 19.2 Å². The van der Waals surface area contributed by atoms with Crippen molar-refractivity contribution in [2.45, 2.75) is 29.5 Å². The summed E-state index contributed by atoms with van der Waals surface area (Å²) in [5.74, 6) is -2.72. The van der Waals surface area contributed by atoms with E-state index in [-0.39, 0.29) is 35.5 Å². The lowest BCUT2D eigenvalue weighted by Crippen LogP contribution is -2.41. The number of aliphatic carboxylic acids is 2. The molecule has 1 unspecified atom stereocenters. The van der Waals surface area contributed by atoms with E-state index in [2.05, 4.69) is 25.3 Å². The molecule has 2 aromatic heterocycles. The summed E-state index contributed by atoms with van der Waals surface area (Å²) in [5, 5.41) is 20.2. The molecule has 1 amide bonds. The van der Waals surface area contributed by atoms with Gasteiger partial charge in [-0.3, -0.25) is 19.4 Å². The van der Waals surface area contributed by atoms with Crippen LogP contribution in [0.1, 0.15) is 28.9 Å². The monoisotopic (exact) mass is 458 g/mol. The van der Waals surface area contributed by atoms with Crippen LogP contribution in [0.4, 0.5) is 5.95 Å². The molecule has 13 heteroatoms. The zero-order valence-corrected chi connectivity index (χ0v) is 17.3. The van der Waals surface area contributed by atoms with E-state index in [0.717, 1.165) is 4.90 Å². The van der Waals surface area contributed by atoms with Crippen molar-refractivity contribution < 1.29 is 24.6 Å². The van der Waals surface area contributed by atoms with Gasteiger partial charge >= 0.3 is 11.9 Å². The predicted octanol–water partition coefficient (Wildman–Crippen LogP) is 0.635. The van der Waals surface area contributed by atoms with Crippen molar-refractivity contribution in [2.24, 2.45) is 0 Å². The maximum atomic E-state index is 12.3. The van der Waals surface area contributed by atoms with Crippen molar-refractivity contribution >= 4 is 46.7 Å². The third-order valence-corrected chi connectivity index (χ3v) is 5.29. The second kappa shape index (κ2) is 9.87. The maximum absolute atomic E-state index is 12.3. The number of aromatic amines is 1. The van der Waals surface area contributed by atoms with E-state index in [1.165, 1.54) is 30.1 Å². The maximum Gasteiger partial charge on any atom is 0.326 e. The molecule has 3 rings (SSSR count). The van der Waals surface area contributed by atoms with Gasteiger partial charge in [-0.15, -0.1) is 11.8 Å². The van der Waals surface area contributed by atoms with Crippen LogP contribution >= 0.6 is 11.8 Å². The number of carbonyl (C=O) groups excluding carboxylic acids is 1. The van der Waals surface area contributed by atoms with Crippen molar-refractivity contribution in [3.63, 3.8) is 0 Å². The average molecular weight is 458 g/mol. The Morgan fingerprint density at radius 2 is 1.88 bits per heavy atom. The van der Waals surface area contributed by atoms with Crippen LogP contribution in [0.3, 0.4) is 0 Å². The van der Waals surface area contributed by atoms with E-state index < -0.39 is 29.4 Å². The first kappa shape index (κ1) is 22.7. The van der Waals surface area contributed by atoms with Crippen LogP contribution in [0.5, 0.6) is 0 Å². The first-order valence-corrected chi connectivity index (χ1v) is 10.2. The summed E-state index contributed by atoms with van der Waals surface area (Å²) in [5.41, 5.74) is 6.01. The third kappa shape index (κ3) is 5.78. The number of amides is 1. The number of nitrogens with zero attached hydrogens (tertiary/aromatic N) is 3. The largest absolute Gasteiger partial charge is 0.481 e. The lowest BCUT2D eigenvalue weighted by atomic mass is 10.1. The number of rotatable bonds is 9. The van der Waals surface area contributed by atoms with Crippen LogP contribution in [0, 0.1) is 0 Å². The summed E-state index contributed by atoms with van der Waals surface area (Å²) in [4.78, 5) is 61.5. The average Bonchev–Trinajstić information content (AvgIpc) is 2.75. The Kier molecular flexibility index (Phi) is 7.00. The summed E-state index contributed by atoms with van der Waals surface area (Å²) < 4.78 is 0. The zero-order valence-electron chi connectivity index (χ0n) is 16.4. The highest BCUT2D eigenvalue weighted by molar-refractivity contribution is 7.98. The van der Waals surface area contributed by atoms with Crippen LogP contribution < -0.4 is 16.6 Å². The van der Waals surface area contributed by atoms with Crippen molar-refractivity contribution in [3.05, 3.63) is 52.1 Å². The lowest BCUT2D eigenvalue weighted by Gasteiger charge is -2.13. The first-order valence-electron chi connectivity index (χ1n) is 9.22. The molecule has 0 aliphatic heterocycles. The number of carboxylic acid groups (broad SMARTS) is 2. The minimum atomic E-state index is -1.31. The highest BCUT2D eigenvalue weighted by atomic mass is 32.2. The normalized spacial score (nSPS) is 11.8. The fraction of sp³-hybridized carbons (Fsp3) is 0.211. The molecule has 0 spiro atoms. The number of H-pyrrole nitrogens is 1. The Morgan fingerprint density at radius 3 is 2.53 bits per heavy atom. The molecule has 0 saturated heterocycles. The number of carbonyl (C=O) groups is 3. The van der Waals surface area contributed by atoms with Gasteiger partial charge in [-0.25, -0.2) is 14.8 Å². The molecule has 1 aromatic carbocycles. The van der Waals surface area contributed by atoms with Crippen LogP contribution in [0.25, 0.3) is 11.2 Å². The van der Waals surface area contributed by atoms with Gasteiger partial charge in [0.1, 0.15) is 6.04 Å². The van der Waals surface area contributed by atoms with Gasteiger partial charge in [0.05, 0.1) is 11.9 Å². The van der Waals surface area contributed by atoms with Gasteiger partial charge < -0.3 is 21.3 Å². The van der Waals surface area contributed by atoms with Crippen LogP contribution in [-0.4, -0.2) is 54.0 Å². The molecule has 0 aliphatic rings. The van der Waals surface area contributed by atoms with Gasteiger partial charge in [-0.05, 0) is 30.7 Å². The number of aromatic nitrogens is 4. The number of carboxylic acids is 2. The molecule has 0 radical (unpaired) electrons. The minimum absolute atomic E-state index is 0.0420. The summed E-state index contributed by atoms with van der Waals surface area (Å²) in [6.07, 6.45) is 0.897. The van der Waals surface area contributed by atoms with E-state index >= 15 is 0 Å². The minimum Gasteiger partial charge on any atom is -0.481 e. The van der Waals surface area contributed by atoms with E-state index in [0.29, 0.717) is 11.4 Å². The first-order chi connectivity index (χ1) is 15.2. The molecule has 6 N–H and O–H groups in total. The van der Waals surface area contributed by atoms with Gasteiger partial charge in [-0.1, -0.05) is 0 Å². The summed E-state index contributed by atoms with van der Waals surface area (Å²) in [6, 6.07) is 5.10. The van der Waals surface area contributed by atoms with E-state index in [1.807, 2.05) is 0 Å². The number of anilines is 1. The number of benzene rings is 1. The van der Waals surface area contributed by atoms with E-state index in [4.69, 9.17) is 15.9 Å². The SMILES string of the molecule is Nc1nc2ncc(CSc3ccc(C(=O)NC(CCC(=O)O)C(=O)O)cc3)nc2c(=O)[nH]1. The molecular formula is C19H18N6O6S. The highest BCUT2D eigenvalue weighted by Crippen LogP contribution is 2.22. The molecule has 1 atom stereocenters. The van der Waals surface area contributed by atoms with Crippen LogP contribution in [0.15, 0.2) is 40.2 Å². The fourth-order valence-electron chi connectivity index (χ4n) is 2.67. The molecule has 12 nitrogen and oxygen atoms in total. The van der Waals surface area contributed by atoms with Crippen molar-refractivity contribution in [1.82, 2.24) is 25.3 Å². The van der Waals surface area contributed by atoms with Gasteiger partial charge in [0, 0.05) is 22.6 Å². The molecule has 32 heavy (non-hydrogen) atoms. The molecular weight excluding hydrogens is 440 g/mol. The summed E-state index contributed by atoms with van der Waals surface area (Å²) in [6.45, 7) is 0. The summed E-state index contributed by atoms with van der Waals surface area (Å²) in [7, 11) is 0. The molecule has 2 heterocycles. The number of fused-ring (bicyclic) bond motifs is 1. The molecule has 0 aliphatic carbocycles. The number of nitrogens with one attached hydrogen (secondary N) is 2. The number of nitrogen functional groups attached to an aromatic ring is 1. The van der Waals surface area contributed by atoms with Crippen molar-refractivity contribution in [2.75, 3.05) is 5.73 Å². The lowest BCUT2D eigenvalue weighted by molar-refractivity contribution is -0.140. The van der Waals surface area contributed by atoms with Crippen molar-refractivity contribution in [1.29, 1.82) is 0 Å². The molecule has 0 bridgehead atoms. The second-order valence-electron chi connectivity index (χ2n) is 6.59. The molecule has 166 valence electrons. The number of hydrogen-bond donors (Lipinski definition) is 5. The van der Waals surface area contributed by atoms with Crippen LogP contribution in [-0.2, 0) is 15.3 Å². The van der Waals surface area contributed by atoms with Gasteiger partial charge in [0.2, 0.25) is 5.95 Å². The smallest absolute Gasteiger partial charge is 0.326 e. The van der Waals surface area contributed by atoms with E-state index in [1.54, 1.807) is 12.1 Å². The van der Waals surface area contributed by atoms with Crippen molar-refractivity contribution in [3.8, 4) is 0 Å². The number of nitrogens with two attached hydrogens (primary N) is 1. The fourth-order valence-corrected chi connectivity index (χ4v) is 3.45. The summed E-state index contributed by atoms with van der Waals surface area (Å²) >= 11 is 1.39. The Hall–Kier alpha value is -4.00. The van der Waals surface area contributed by atoms with Gasteiger partial charge in [0.25, 0.3) is 11.5 Å². The predicted molar refractivity (Wildman–Crippen MR) is 114 cm³/mol. The topological polar surface area (TPSA) is 201 Å². The highest BCUT2D eigenvalue weighted by Gasteiger charge is 2.21. The third-order valence-electron chi connectivity index (χ3n) is 4.24. The Morgan fingerprint density at radius 1 is 1.16 bits per heavy atom. The standard InChI is InChI=1S/C19H18N6O6S/c20-19-24-15-14(17(29)25-19)22-10(7-21-15)8-32-11-3-1-9(2-4-11)16(28)23-12(18(30)31)5-6-13(26)27/h1-4,7,12H,5-6,8H2,(H,23,28)(H,26,27)(H,30,31)(H3,20,21,24,25,29). The zero-order chi connectivity index (χ0) is 23.3. The quantitative estimate of drug-likeness (QED) is 0.282. The Labute approximate surface area is 184 Å². The van der Waals surface area contributed by atoms with Gasteiger partial charge in [-0.2, -0.15) is 4.98 Å². The number of hydrogen-bond acceptors (Lipinski definition) is 9. The van der Waals surface area contributed by atoms with Gasteiger partial charge in [0.15, 0.2) is 11.2 Å². The Bertz CT molecular complexity index is 1230. The Balaban J connectivity index is 1.62. The molecule has 0 fully saturated rings. The van der Waals surface area contributed by atoms with Crippen LogP contribution in [0.2, 0.25) is 0 Å².